The highest BCUT2D eigenvalue weighted by molar-refractivity contribution is 7.21. The average Bonchev–Trinajstić information content (AvgIpc) is 3.83. The minimum atomic E-state index is 0.627. The number of nitrogens with zero attached hydrogens (tertiary/aromatic N) is 4. The van der Waals surface area contributed by atoms with Crippen LogP contribution in [0.4, 0.5) is 0 Å². The highest BCUT2D eigenvalue weighted by atomic mass is 32.1. The maximum atomic E-state index is 6.53. The van der Waals surface area contributed by atoms with E-state index >= 15 is 0 Å². The van der Waals surface area contributed by atoms with Crippen molar-refractivity contribution in [3.05, 3.63) is 170 Å². The van der Waals surface area contributed by atoms with Crippen LogP contribution in [-0.4, -0.2) is 19.9 Å². The third-order valence-corrected chi connectivity index (χ3v) is 11.2. The molecule has 0 aliphatic heterocycles. The zero-order chi connectivity index (χ0) is 35.6. The second-order valence-corrected chi connectivity index (χ2v) is 14.5. The van der Waals surface area contributed by atoms with Crippen LogP contribution < -0.4 is 0 Å². The van der Waals surface area contributed by atoms with Crippen molar-refractivity contribution in [3.63, 3.8) is 0 Å². The second-order valence-electron chi connectivity index (χ2n) is 13.4. The standard InChI is InChI=1S/C48H28N4OS/c1-3-13-30(14-4-1)45-50-46(33-23-22-29-12-7-8-17-32(29)26-33)52-47(51-45)38-25-24-36(34-18-9-10-19-35(34)38)37-20-11-21-41-44(37)39-27-40-43(28-42(39)53-41)54-48(49-40)31-15-5-2-6-16-31/h1-28H. The SMILES string of the molecule is c1ccc(-c2nc(-c3ccc4ccccc4c3)nc(-c3ccc(-c4cccc5oc6cc7sc(-c8ccccc8)nc7cc6c45)c4ccccc34)n2)cc1. The van der Waals surface area contributed by atoms with Gasteiger partial charge in [-0.15, -0.1) is 11.3 Å². The van der Waals surface area contributed by atoms with E-state index in [1.54, 1.807) is 11.3 Å². The predicted molar refractivity (Wildman–Crippen MR) is 222 cm³/mol. The minimum absolute atomic E-state index is 0.627. The first-order chi connectivity index (χ1) is 26.7. The molecule has 0 saturated carbocycles. The van der Waals surface area contributed by atoms with Gasteiger partial charge in [0.15, 0.2) is 17.5 Å². The highest BCUT2D eigenvalue weighted by Gasteiger charge is 2.20. The Balaban J connectivity index is 1.09. The molecule has 0 aliphatic carbocycles. The average molecular weight is 709 g/mol. The third kappa shape index (κ3) is 5.07. The molecule has 0 aliphatic rings. The molecule has 5 nitrogen and oxygen atoms in total. The molecule has 3 aromatic heterocycles. The van der Waals surface area contributed by atoms with Gasteiger partial charge in [-0.1, -0.05) is 140 Å². The topological polar surface area (TPSA) is 64.7 Å². The van der Waals surface area contributed by atoms with E-state index in [9.17, 15) is 0 Å². The van der Waals surface area contributed by atoms with Crippen molar-refractivity contribution in [2.45, 2.75) is 0 Å². The summed E-state index contributed by atoms with van der Waals surface area (Å²) in [6, 6.07) is 58.7. The lowest BCUT2D eigenvalue weighted by Crippen LogP contribution is -2.00. The van der Waals surface area contributed by atoms with Gasteiger partial charge in [-0.3, -0.25) is 0 Å². The van der Waals surface area contributed by atoms with E-state index in [1.807, 2.05) is 36.4 Å². The van der Waals surface area contributed by atoms with Crippen LogP contribution in [0.5, 0.6) is 0 Å². The molecule has 0 radical (unpaired) electrons. The van der Waals surface area contributed by atoms with Crippen LogP contribution in [0.25, 0.3) is 110 Å². The van der Waals surface area contributed by atoms with Gasteiger partial charge in [0.2, 0.25) is 0 Å². The molecular formula is C48H28N4OS. The number of hydrogen-bond acceptors (Lipinski definition) is 6. The van der Waals surface area contributed by atoms with Gasteiger partial charge in [-0.25, -0.2) is 19.9 Å². The first-order valence-electron chi connectivity index (χ1n) is 17.9. The lowest BCUT2D eigenvalue weighted by atomic mass is 9.92. The van der Waals surface area contributed by atoms with Crippen molar-refractivity contribution in [2.24, 2.45) is 0 Å². The van der Waals surface area contributed by atoms with Crippen LogP contribution in [0.15, 0.2) is 174 Å². The molecule has 252 valence electrons. The Morgan fingerprint density at radius 1 is 0.389 bits per heavy atom. The van der Waals surface area contributed by atoms with E-state index in [0.29, 0.717) is 17.5 Å². The molecule has 0 fully saturated rings. The maximum absolute atomic E-state index is 6.53. The van der Waals surface area contributed by atoms with Gasteiger partial charge >= 0.3 is 0 Å². The first-order valence-corrected chi connectivity index (χ1v) is 18.7. The van der Waals surface area contributed by atoms with E-state index in [1.165, 1.54) is 5.39 Å². The fourth-order valence-electron chi connectivity index (χ4n) is 7.58. The van der Waals surface area contributed by atoms with Gasteiger partial charge in [-0.05, 0) is 56.9 Å². The summed E-state index contributed by atoms with van der Waals surface area (Å²) < 4.78 is 7.64. The smallest absolute Gasteiger partial charge is 0.164 e. The number of aromatic nitrogens is 4. The molecule has 11 rings (SSSR count). The van der Waals surface area contributed by atoms with Gasteiger partial charge < -0.3 is 4.42 Å². The number of fused-ring (bicyclic) bond motifs is 6. The third-order valence-electron chi connectivity index (χ3n) is 10.2. The quantitative estimate of drug-likeness (QED) is 0.178. The lowest BCUT2D eigenvalue weighted by Gasteiger charge is -2.14. The Morgan fingerprint density at radius 3 is 1.87 bits per heavy atom. The molecule has 0 atom stereocenters. The van der Waals surface area contributed by atoms with Crippen molar-refractivity contribution >= 4 is 65.0 Å². The monoisotopic (exact) mass is 708 g/mol. The second kappa shape index (κ2) is 12.3. The summed E-state index contributed by atoms with van der Waals surface area (Å²) in [5, 5.41) is 7.61. The van der Waals surface area contributed by atoms with Crippen LogP contribution in [0, 0.1) is 0 Å². The van der Waals surface area contributed by atoms with E-state index < -0.39 is 0 Å². The van der Waals surface area contributed by atoms with Crippen molar-refractivity contribution in [2.75, 3.05) is 0 Å². The highest BCUT2D eigenvalue weighted by Crippen LogP contribution is 2.43. The number of hydrogen-bond donors (Lipinski definition) is 0. The van der Waals surface area contributed by atoms with Crippen LogP contribution in [0.1, 0.15) is 0 Å². The van der Waals surface area contributed by atoms with Crippen molar-refractivity contribution in [1.29, 1.82) is 0 Å². The van der Waals surface area contributed by atoms with Gasteiger partial charge in [-0.2, -0.15) is 0 Å². The van der Waals surface area contributed by atoms with Crippen LogP contribution in [-0.2, 0) is 0 Å². The van der Waals surface area contributed by atoms with E-state index in [0.717, 1.165) is 86.7 Å². The zero-order valence-electron chi connectivity index (χ0n) is 28.8. The molecule has 0 bridgehead atoms. The summed E-state index contributed by atoms with van der Waals surface area (Å²) in [5.74, 6) is 1.90. The number of thiazole rings is 1. The Morgan fingerprint density at radius 2 is 1.06 bits per heavy atom. The number of furan rings is 1. The van der Waals surface area contributed by atoms with E-state index in [-0.39, 0.29) is 0 Å². The Hall–Kier alpha value is -7.02. The molecule has 0 amide bonds. The Labute approximate surface area is 313 Å². The summed E-state index contributed by atoms with van der Waals surface area (Å²) in [7, 11) is 0. The first kappa shape index (κ1) is 30.6. The van der Waals surface area contributed by atoms with Crippen molar-refractivity contribution in [3.8, 4) is 55.9 Å². The number of rotatable bonds is 5. The molecule has 54 heavy (non-hydrogen) atoms. The summed E-state index contributed by atoms with van der Waals surface area (Å²) in [6.45, 7) is 0. The Bertz CT molecular complexity index is 3220. The van der Waals surface area contributed by atoms with Crippen LogP contribution in [0.2, 0.25) is 0 Å². The van der Waals surface area contributed by atoms with E-state index in [2.05, 4.69) is 133 Å². The minimum Gasteiger partial charge on any atom is -0.456 e. The molecule has 8 aromatic carbocycles. The van der Waals surface area contributed by atoms with Gasteiger partial charge in [0.1, 0.15) is 16.2 Å². The van der Waals surface area contributed by atoms with Gasteiger partial charge in [0, 0.05) is 39.1 Å². The fourth-order valence-corrected chi connectivity index (χ4v) is 8.56. The molecule has 3 heterocycles. The predicted octanol–water partition coefficient (Wildman–Crippen LogP) is 13.0. The molecule has 0 N–H and O–H groups in total. The van der Waals surface area contributed by atoms with E-state index in [4.69, 9.17) is 24.4 Å². The maximum Gasteiger partial charge on any atom is 0.164 e. The van der Waals surface area contributed by atoms with Crippen LogP contribution >= 0.6 is 11.3 Å². The molecule has 0 spiro atoms. The fraction of sp³-hybridized carbons (Fsp3) is 0. The Kier molecular flexibility index (Phi) is 6.97. The zero-order valence-corrected chi connectivity index (χ0v) is 29.6. The van der Waals surface area contributed by atoms with Crippen LogP contribution in [0.3, 0.4) is 0 Å². The summed E-state index contributed by atoms with van der Waals surface area (Å²) in [6.07, 6.45) is 0. The normalized spacial score (nSPS) is 11.7. The number of benzene rings is 8. The largest absolute Gasteiger partial charge is 0.456 e. The lowest BCUT2D eigenvalue weighted by molar-refractivity contribution is 0.669. The molecule has 6 heteroatoms. The molecule has 11 aromatic rings. The summed E-state index contributed by atoms with van der Waals surface area (Å²) >= 11 is 1.69. The summed E-state index contributed by atoms with van der Waals surface area (Å²) in [5.41, 5.74) is 8.82. The van der Waals surface area contributed by atoms with Crippen molar-refractivity contribution < 1.29 is 4.42 Å². The van der Waals surface area contributed by atoms with Crippen molar-refractivity contribution in [1.82, 2.24) is 19.9 Å². The van der Waals surface area contributed by atoms with Gasteiger partial charge in [0.05, 0.1) is 10.2 Å². The van der Waals surface area contributed by atoms with Gasteiger partial charge in [0.25, 0.3) is 0 Å². The molecular weight excluding hydrogens is 681 g/mol. The summed E-state index contributed by atoms with van der Waals surface area (Å²) in [4.78, 5) is 20.3. The molecule has 0 unspecified atom stereocenters. The molecule has 0 saturated heterocycles.